The lowest BCUT2D eigenvalue weighted by Gasteiger charge is -1.99. The van der Waals surface area contributed by atoms with Gasteiger partial charge < -0.3 is 4.42 Å². The van der Waals surface area contributed by atoms with Gasteiger partial charge in [0.2, 0.25) is 0 Å². The van der Waals surface area contributed by atoms with Crippen LogP contribution in [0.15, 0.2) is 80.3 Å². The Bertz CT molecular complexity index is 923. The Morgan fingerprint density at radius 3 is 2.38 bits per heavy atom. The predicted octanol–water partition coefficient (Wildman–Crippen LogP) is 6.76. The molecule has 0 aliphatic carbocycles. The van der Waals surface area contributed by atoms with Crippen LogP contribution in [0.4, 0.5) is 0 Å². The van der Waals surface area contributed by atoms with Crippen LogP contribution >= 0.6 is 31.9 Å². The molecule has 120 valence electrons. The Balaban J connectivity index is 1.85. The Hall–Kier alpha value is -1.91. The second-order valence-electron chi connectivity index (χ2n) is 5.41. The monoisotopic (exact) mass is 444 g/mol. The number of carbonyl (C=O) groups is 1. The van der Waals surface area contributed by atoms with Gasteiger partial charge in [0, 0.05) is 25.6 Å². The maximum Gasteiger partial charge on any atom is 0.186 e. The van der Waals surface area contributed by atoms with Gasteiger partial charge in [0.15, 0.2) is 5.78 Å². The van der Waals surface area contributed by atoms with Gasteiger partial charge in [-0.1, -0.05) is 56.1 Å². The van der Waals surface area contributed by atoms with E-state index in [1.54, 1.807) is 18.4 Å². The van der Waals surface area contributed by atoms with Crippen LogP contribution in [0.1, 0.15) is 22.8 Å². The van der Waals surface area contributed by atoms with Gasteiger partial charge in [0.05, 0.1) is 6.26 Å². The molecule has 0 amide bonds. The molecule has 0 aliphatic rings. The Kier molecular flexibility index (Phi) is 5.17. The fraction of sp³-hybridized carbons (Fsp3) is 0.0500. The number of halogens is 2. The fourth-order valence-electron chi connectivity index (χ4n) is 2.34. The third-order valence-electron chi connectivity index (χ3n) is 3.62. The summed E-state index contributed by atoms with van der Waals surface area (Å²) in [5.41, 5.74) is 3.40. The maximum absolute atomic E-state index is 12.4. The predicted molar refractivity (Wildman–Crippen MR) is 104 cm³/mol. The first-order valence-corrected chi connectivity index (χ1v) is 8.94. The molecule has 0 aliphatic heterocycles. The van der Waals surface area contributed by atoms with Crippen molar-refractivity contribution < 1.29 is 9.21 Å². The molecule has 0 atom stereocenters. The Labute approximate surface area is 157 Å². The summed E-state index contributed by atoms with van der Waals surface area (Å²) < 4.78 is 7.54. The van der Waals surface area contributed by atoms with Crippen molar-refractivity contribution in [3.63, 3.8) is 0 Å². The lowest BCUT2D eigenvalue weighted by atomic mass is 10.0. The second kappa shape index (κ2) is 7.32. The molecule has 3 rings (SSSR count). The molecule has 0 saturated carbocycles. The van der Waals surface area contributed by atoms with Crippen molar-refractivity contribution in [2.75, 3.05) is 0 Å². The third kappa shape index (κ3) is 3.94. The van der Waals surface area contributed by atoms with Crippen molar-refractivity contribution in [3.8, 4) is 11.3 Å². The number of hydrogen-bond donors (Lipinski definition) is 0. The molecule has 0 spiro atoms. The largest absolute Gasteiger partial charge is 0.464 e. The highest BCUT2D eigenvalue weighted by molar-refractivity contribution is 9.10. The summed E-state index contributed by atoms with van der Waals surface area (Å²) in [6, 6.07) is 17.2. The highest BCUT2D eigenvalue weighted by Crippen LogP contribution is 2.28. The van der Waals surface area contributed by atoms with Gasteiger partial charge in [-0.2, -0.15) is 0 Å². The molecular weight excluding hydrogens is 432 g/mol. The third-order valence-corrected chi connectivity index (χ3v) is 4.61. The minimum Gasteiger partial charge on any atom is -0.464 e. The van der Waals surface area contributed by atoms with E-state index in [2.05, 4.69) is 31.9 Å². The number of carbonyl (C=O) groups excluding carboxylic acids is 1. The quantitative estimate of drug-likeness (QED) is 0.328. The SMILES string of the molecule is C/C(=C\C(=O)c1cccc(Br)c1)c1coc(-c2cccc(Br)c2)c1. The first kappa shape index (κ1) is 16.9. The van der Waals surface area contributed by atoms with Crippen LogP contribution in [0.25, 0.3) is 16.9 Å². The van der Waals surface area contributed by atoms with Crippen molar-refractivity contribution in [1.82, 2.24) is 0 Å². The molecule has 4 heteroatoms. The molecule has 24 heavy (non-hydrogen) atoms. The van der Waals surface area contributed by atoms with Crippen LogP contribution in [0.3, 0.4) is 0 Å². The van der Waals surface area contributed by atoms with Crippen LogP contribution in [-0.4, -0.2) is 5.78 Å². The zero-order chi connectivity index (χ0) is 17.1. The number of allylic oxidation sites excluding steroid dienone is 2. The van der Waals surface area contributed by atoms with E-state index in [1.807, 2.05) is 55.5 Å². The van der Waals surface area contributed by atoms with E-state index in [9.17, 15) is 4.79 Å². The maximum atomic E-state index is 12.4. The molecule has 0 N–H and O–H groups in total. The van der Waals surface area contributed by atoms with Gasteiger partial charge in [-0.3, -0.25) is 4.79 Å². The highest BCUT2D eigenvalue weighted by atomic mass is 79.9. The smallest absolute Gasteiger partial charge is 0.186 e. The zero-order valence-corrected chi connectivity index (χ0v) is 16.1. The van der Waals surface area contributed by atoms with Gasteiger partial charge in [0.1, 0.15) is 5.76 Å². The first-order chi connectivity index (χ1) is 11.5. The summed E-state index contributed by atoms with van der Waals surface area (Å²) in [5.74, 6) is 0.743. The summed E-state index contributed by atoms with van der Waals surface area (Å²) in [4.78, 5) is 12.4. The fourth-order valence-corrected chi connectivity index (χ4v) is 3.14. The average Bonchev–Trinajstić information content (AvgIpc) is 3.05. The van der Waals surface area contributed by atoms with E-state index < -0.39 is 0 Å². The Morgan fingerprint density at radius 2 is 1.67 bits per heavy atom. The summed E-state index contributed by atoms with van der Waals surface area (Å²) in [6.07, 6.45) is 3.31. The van der Waals surface area contributed by atoms with E-state index in [-0.39, 0.29) is 5.78 Å². The van der Waals surface area contributed by atoms with Crippen molar-refractivity contribution in [1.29, 1.82) is 0 Å². The summed E-state index contributed by atoms with van der Waals surface area (Å²) >= 11 is 6.84. The van der Waals surface area contributed by atoms with Gasteiger partial charge in [-0.15, -0.1) is 0 Å². The number of rotatable bonds is 4. The number of furan rings is 1. The number of hydrogen-bond acceptors (Lipinski definition) is 2. The zero-order valence-electron chi connectivity index (χ0n) is 12.9. The molecule has 3 aromatic rings. The Morgan fingerprint density at radius 1 is 0.958 bits per heavy atom. The van der Waals surface area contributed by atoms with Gasteiger partial charge in [-0.25, -0.2) is 0 Å². The lowest BCUT2D eigenvalue weighted by Crippen LogP contribution is -1.95. The number of benzene rings is 2. The summed E-state index contributed by atoms with van der Waals surface area (Å²) in [5, 5.41) is 0. The molecule has 0 fully saturated rings. The first-order valence-electron chi connectivity index (χ1n) is 7.36. The van der Waals surface area contributed by atoms with Gasteiger partial charge >= 0.3 is 0 Å². The molecule has 0 unspecified atom stereocenters. The normalized spacial score (nSPS) is 11.5. The van der Waals surface area contributed by atoms with E-state index in [0.717, 1.165) is 31.4 Å². The number of ketones is 1. The van der Waals surface area contributed by atoms with E-state index in [4.69, 9.17) is 4.42 Å². The van der Waals surface area contributed by atoms with Crippen molar-refractivity contribution in [3.05, 3.63) is 87.0 Å². The lowest BCUT2D eigenvalue weighted by molar-refractivity contribution is 0.104. The summed E-state index contributed by atoms with van der Waals surface area (Å²) in [7, 11) is 0. The molecule has 2 aromatic carbocycles. The van der Waals surface area contributed by atoms with Crippen LogP contribution in [0, 0.1) is 0 Å². The highest BCUT2D eigenvalue weighted by Gasteiger charge is 2.09. The van der Waals surface area contributed by atoms with Crippen molar-refractivity contribution in [2.24, 2.45) is 0 Å². The minimum atomic E-state index is -0.0287. The van der Waals surface area contributed by atoms with Crippen molar-refractivity contribution in [2.45, 2.75) is 6.92 Å². The van der Waals surface area contributed by atoms with Crippen LogP contribution < -0.4 is 0 Å². The average molecular weight is 446 g/mol. The van der Waals surface area contributed by atoms with E-state index >= 15 is 0 Å². The van der Waals surface area contributed by atoms with E-state index in [1.165, 1.54) is 0 Å². The van der Waals surface area contributed by atoms with E-state index in [0.29, 0.717) is 5.56 Å². The minimum absolute atomic E-state index is 0.0287. The topological polar surface area (TPSA) is 30.2 Å². The summed E-state index contributed by atoms with van der Waals surface area (Å²) in [6.45, 7) is 1.91. The molecular formula is C20H14Br2O2. The van der Waals surface area contributed by atoms with Crippen molar-refractivity contribution >= 4 is 43.2 Å². The molecule has 0 radical (unpaired) electrons. The molecule has 2 nitrogen and oxygen atoms in total. The van der Waals surface area contributed by atoms with Gasteiger partial charge in [0.25, 0.3) is 0 Å². The molecule has 0 bridgehead atoms. The molecule has 0 saturated heterocycles. The van der Waals surface area contributed by atoms with Crippen LogP contribution in [0.2, 0.25) is 0 Å². The molecule has 1 aromatic heterocycles. The van der Waals surface area contributed by atoms with Gasteiger partial charge in [-0.05, 0) is 48.9 Å². The van der Waals surface area contributed by atoms with Crippen LogP contribution in [-0.2, 0) is 0 Å². The second-order valence-corrected chi connectivity index (χ2v) is 7.24. The standard InChI is InChI=1S/C20H14Br2O2/c1-13(8-19(23)14-4-2-6-17(21)9-14)16-11-20(24-12-16)15-5-3-7-18(22)10-15/h2-12H,1H3/b13-8+. The van der Waals surface area contributed by atoms with Crippen LogP contribution in [0.5, 0.6) is 0 Å². The molecule has 1 heterocycles.